The van der Waals surface area contributed by atoms with Gasteiger partial charge in [-0.05, 0) is 62.2 Å². The summed E-state index contributed by atoms with van der Waals surface area (Å²) in [4.78, 5) is 18.9. The molecule has 1 N–H and O–H groups in total. The minimum Gasteiger partial charge on any atom is -0.431 e. The highest BCUT2D eigenvalue weighted by molar-refractivity contribution is 7.97. The molecule has 1 fully saturated rings. The summed E-state index contributed by atoms with van der Waals surface area (Å²) in [5.41, 5.74) is 2.27. The lowest BCUT2D eigenvalue weighted by molar-refractivity contribution is -0.124. The molecule has 5 nitrogen and oxygen atoms in total. The van der Waals surface area contributed by atoms with Crippen molar-refractivity contribution in [3.8, 4) is 10.9 Å². The van der Waals surface area contributed by atoms with E-state index in [1.165, 1.54) is 17.5 Å². The maximum atomic E-state index is 11.9. The Labute approximate surface area is 179 Å². The summed E-state index contributed by atoms with van der Waals surface area (Å²) in [5.74, 6) is 1.16. The van der Waals surface area contributed by atoms with Crippen LogP contribution < -0.4 is 9.46 Å². The zero-order valence-corrected chi connectivity index (χ0v) is 18.1. The van der Waals surface area contributed by atoms with Gasteiger partial charge in [-0.3, -0.25) is 4.79 Å². The van der Waals surface area contributed by atoms with Crippen LogP contribution in [-0.2, 0) is 11.2 Å². The maximum Gasteiger partial charge on any atom is 0.279 e. The minimum absolute atomic E-state index is 0.164. The van der Waals surface area contributed by atoms with Crippen LogP contribution in [0.3, 0.4) is 0 Å². The summed E-state index contributed by atoms with van der Waals surface area (Å²) in [6.45, 7) is 3.01. The second kappa shape index (κ2) is 9.61. The molecule has 1 aliphatic rings. The number of rotatable bonds is 7. The Hall–Kier alpha value is -2.09. The lowest BCUT2D eigenvalue weighted by Crippen LogP contribution is -2.39. The Bertz CT molecular complexity index is 917. The van der Waals surface area contributed by atoms with Gasteiger partial charge in [0.15, 0.2) is 0 Å². The van der Waals surface area contributed by atoms with Crippen LogP contribution in [0.4, 0.5) is 0 Å². The number of benzene rings is 2. The van der Waals surface area contributed by atoms with Crippen molar-refractivity contribution < 1.29 is 9.53 Å². The van der Waals surface area contributed by atoms with Crippen molar-refractivity contribution in [2.24, 2.45) is 5.92 Å². The van der Waals surface area contributed by atoms with Crippen LogP contribution in [0, 0.1) is 5.92 Å². The number of fused-ring (bicyclic) bond motifs is 1. The van der Waals surface area contributed by atoms with Crippen molar-refractivity contribution in [2.45, 2.75) is 19.3 Å². The molecule has 3 aromatic rings. The van der Waals surface area contributed by atoms with Gasteiger partial charge in [-0.25, -0.2) is 4.98 Å². The number of thiazole rings is 1. The third-order valence-electron chi connectivity index (χ3n) is 5.28. The molecule has 29 heavy (non-hydrogen) atoms. The smallest absolute Gasteiger partial charge is 0.279 e. The number of amides is 1. The lowest BCUT2D eigenvalue weighted by Gasteiger charge is -2.31. The van der Waals surface area contributed by atoms with Crippen molar-refractivity contribution in [3.63, 3.8) is 0 Å². The predicted octanol–water partition coefficient (Wildman–Crippen LogP) is 4.74. The molecule has 1 amide bonds. The Morgan fingerprint density at radius 1 is 1.21 bits per heavy atom. The topological polar surface area (TPSA) is 54.5 Å². The molecule has 0 spiro atoms. The Balaban J connectivity index is 1.25. The maximum absolute atomic E-state index is 11.9. The number of nitrogens with zero attached hydrogens (tertiary/aromatic N) is 2. The first-order chi connectivity index (χ1) is 14.2. The molecule has 1 aromatic heterocycles. The zero-order valence-electron chi connectivity index (χ0n) is 16.5. The van der Waals surface area contributed by atoms with Crippen LogP contribution >= 0.6 is 23.3 Å². The fourth-order valence-corrected chi connectivity index (χ4v) is 4.81. The molecule has 7 heteroatoms. The highest BCUT2D eigenvalue weighted by Crippen LogP contribution is 2.31. The van der Waals surface area contributed by atoms with Crippen LogP contribution in [0.15, 0.2) is 48.5 Å². The number of carbonyl (C=O) groups is 1. The quantitative estimate of drug-likeness (QED) is 0.552. The van der Waals surface area contributed by atoms with Crippen molar-refractivity contribution in [2.75, 3.05) is 25.9 Å². The lowest BCUT2D eigenvalue weighted by atomic mass is 9.96. The molecule has 0 aliphatic carbocycles. The number of nitrogens with one attached hydrogen (secondary N) is 1. The minimum atomic E-state index is 0.164. The number of hydrogen-bond acceptors (Lipinski definition) is 6. The van der Waals surface area contributed by atoms with E-state index < -0.39 is 0 Å². The van der Waals surface area contributed by atoms with E-state index >= 15 is 0 Å². The molecule has 4 rings (SSSR count). The second-order valence-electron chi connectivity index (χ2n) is 7.23. The highest BCUT2D eigenvalue weighted by Gasteiger charge is 2.24. The van der Waals surface area contributed by atoms with Crippen LogP contribution in [0.2, 0.25) is 0 Å². The van der Waals surface area contributed by atoms with Crippen LogP contribution in [0.1, 0.15) is 18.4 Å². The van der Waals surface area contributed by atoms with Gasteiger partial charge in [0.1, 0.15) is 5.75 Å². The second-order valence-corrected chi connectivity index (χ2v) is 8.84. The van der Waals surface area contributed by atoms with Crippen LogP contribution in [0.5, 0.6) is 10.9 Å². The van der Waals surface area contributed by atoms with Crippen molar-refractivity contribution >= 4 is 39.4 Å². The molecule has 2 heterocycles. The number of aromatic nitrogens is 1. The van der Waals surface area contributed by atoms with Gasteiger partial charge in [-0.1, -0.05) is 47.6 Å². The van der Waals surface area contributed by atoms with E-state index in [-0.39, 0.29) is 11.8 Å². The van der Waals surface area contributed by atoms with Gasteiger partial charge in [-0.15, -0.1) is 0 Å². The van der Waals surface area contributed by atoms with E-state index in [0.29, 0.717) is 5.19 Å². The third-order valence-corrected chi connectivity index (χ3v) is 6.60. The summed E-state index contributed by atoms with van der Waals surface area (Å²) < 4.78 is 9.92. The van der Waals surface area contributed by atoms with Gasteiger partial charge in [0.25, 0.3) is 5.19 Å². The van der Waals surface area contributed by atoms with Crippen LogP contribution in [0.25, 0.3) is 10.2 Å². The van der Waals surface area contributed by atoms with Gasteiger partial charge in [-0.2, -0.15) is 0 Å². The number of ether oxygens (including phenoxy) is 1. The standard InChI is InChI=1S/C22H25N3O2S2/c1-28-24-21(26)17-11-14-25(15-12-17)13-10-16-6-8-18(9-7-16)27-22-23-19-4-2-3-5-20(19)29-22/h2-9,17H,10-15H2,1H3,(H,24,26). The molecular weight excluding hydrogens is 402 g/mol. The average Bonchev–Trinajstić information content (AvgIpc) is 3.16. The van der Waals surface area contributed by atoms with Gasteiger partial charge in [0.05, 0.1) is 10.2 Å². The van der Waals surface area contributed by atoms with E-state index in [1.54, 1.807) is 11.3 Å². The predicted molar refractivity (Wildman–Crippen MR) is 121 cm³/mol. The van der Waals surface area contributed by atoms with Crippen molar-refractivity contribution in [1.29, 1.82) is 0 Å². The summed E-state index contributed by atoms with van der Waals surface area (Å²) in [5, 5.41) is 0.673. The molecule has 0 radical (unpaired) electrons. The number of para-hydroxylation sites is 1. The molecule has 0 bridgehead atoms. The Morgan fingerprint density at radius 2 is 1.97 bits per heavy atom. The summed E-state index contributed by atoms with van der Waals surface area (Å²) >= 11 is 2.95. The largest absolute Gasteiger partial charge is 0.431 e. The zero-order chi connectivity index (χ0) is 20.1. The van der Waals surface area contributed by atoms with Gasteiger partial charge in [0, 0.05) is 18.7 Å². The number of likely N-dealkylation sites (tertiary alicyclic amines) is 1. The Kier molecular flexibility index (Phi) is 6.69. The van der Waals surface area contributed by atoms with Gasteiger partial charge in [0.2, 0.25) is 5.91 Å². The van der Waals surface area contributed by atoms with E-state index in [2.05, 4.69) is 32.8 Å². The summed E-state index contributed by atoms with van der Waals surface area (Å²) in [6, 6.07) is 16.3. The fraction of sp³-hybridized carbons (Fsp3) is 0.364. The molecule has 2 aromatic carbocycles. The monoisotopic (exact) mass is 427 g/mol. The number of carbonyl (C=O) groups excluding carboxylic acids is 1. The van der Waals surface area contributed by atoms with E-state index in [4.69, 9.17) is 4.74 Å². The van der Waals surface area contributed by atoms with E-state index in [0.717, 1.165) is 54.9 Å². The first-order valence-electron chi connectivity index (χ1n) is 9.89. The van der Waals surface area contributed by atoms with E-state index in [9.17, 15) is 4.79 Å². The number of piperidine rings is 1. The third kappa shape index (κ3) is 5.29. The molecule has 152 valence electrons. The normalized spacial score (nSPS) is 15.5. The van der Waals surface area contributed by atoms with Gasteiger partial charge >= 0.3 is 0 Å². The molecule has 0 unspecified atom stereocenters. The molecule has 0 saturated carbocycles. The molecule has 1 saturated heterocycles. The fourth-order valence-electron chi connectivity index (χ4n) is 3.61. The Morgan fingerprint density at radius 3 is 2.69 bits per heavy atom. The van der Waals surface area contributed by atoms with Crippen molar-refractivity contribution in [1.82, 2.24) is 14.6 Å². The van der Waals surface area contributed by atoms with Gasteiger partial charge < -0.3 is 14.4 Å². The molecule has 0 atom stereocenters. The van der Waals surface area contributed by atoms with Crippen LogP contribution in [-0.4, -0.2) is 41.7 Å². The highest BCUT2D eigenvalue weighted by atomic mass is 32.2. The van der Waals surface area contributed by atoms with E-state index in [1.807, 2.05) is 36.6 Å². The molecular formula is C22H25N3O2S2. The van der Waals surface area contributed by atoms with Crippen molar-refractivity contribution in [3.05, 3.63) is 54.1 Å². The summed E-state index contributed by atoms with van der Waals surface area (Å²) in [7, 11) is 0. The first-order valence-corrected chi connectivity index (χ1v) is 11.9. The number of hydrogen-bond donors (Lipinski definition) is 1. The average molecular weight is 428 g/mol. The first kappa shape index (κ1) is 20.2. The molecule has 1 aliphatic heterocycles. The summed E-state index contributed by atoms with van der Waals surface area (Å²) in [6.07, 6.45) is 4.79. The SMILES string of the molecule is CSNC(=O)C1CCN(CCc2ccc(Oc3nc4ccccc4s3)cc2)CC1.